The molecular weight excluding hydrogens is 467 g/mol. The molecule has 0 amide bonds. The van der Waals surface area contributed by atoms with Crippen LogP contribution in [0.15, 0.2) is 109 Å². The van der Waals surface area contributed by atoms with Gasteiger partial charge >= 0.3 is 0 Å². The molecule has 0 spiro atoms. The van der Waals surface area contributed by atoms with Crippen LogP contribution in [0, 0.1) is 0 Å². The zero-order chi connectivity index (χ0) is 24.8. The van der Waals surface area contributed by atoms with Crippen molar-refractivity contribution >= 4 is 23.8 Å². The lowest BCUT2D eigenvalue weighted by Gasteiger charge is -2.20. The van der Waals surface area contributed by atoms with E-state index in [0.717, 1.165) is 0 Å². The maximum atomic E-state index is 9.74. The van der Waals surface area contributed by atoms with Crippen molar-refractivity contribution < 1.29 is 17.5 Å². The van der Waals surface area contributed by atoms with Crippen LogP contribution < -0.4 is 28.3 Å². The molecule has 4 aromatic rings. The molecule has 0 heterocycles. The third-order valence-corrected chi connectivity index (χ3v) is 8.63. The maximum Gasteiger partial charge on any atom is 0.115 e. The molecule has 0 saturated heterocycles. The predicted octanol–water partition coefficient (Wildman–Crippen LogP) is 4.17. The summed E-state index contributed by atoms with van der Waals surface area (Å²) >= 11 is 0. The minimum Gasteiger partial charge on any atom is -1.00 e. The number of hydrogen-bond acceptors (Lipinski definition) is 1. The molecule has 184 valence electrons. The summed E-state index contributed by atoms with van der Waals surface area (Å²) in [6.45, 7) is 13.5. The van der Waals surface area contributed by atoms with E-state index in [1.165, 1.54) is 27.0 Å². The summed E-state index contributed by atoms with van der Waals surface area (Å²) in [5.41, 5.74) is 3.01. The van der Waals surface area contributed by atoms with Gasteiger partial charge in [0, 0.05) is 0 Å². The Bertz CT molecular complexity index is 1050. The lowest BCUT2D eigenvalue weighted by Crippen LogP contribution is -3.00. The van der Waals surface area contributed by atoms with Crippen molar-refractivity contribution in [3.05, 3.63) is 120 Å². The van der Waals surface area contributed by atoms with Crippen LogP contribution in [0.1, 0.15) is 52.7 Å². The molecule has 1 N–H and O–H groups in total. The third-order valence-electron chi connectivity index (χ3n) is 5.90. The molecule has 4 aromatic carbocycles. The molecule has 0 aliphatic rings. The van der Waals surface area contributed by atoms with Crippen LogP contribution in [0.3, 0.4) is 0 Å². The Morgan fingerprint density at radius 3 is 0.971 bits per heavy atom. The molecule has 0 radical (unpaired) electrons. The van der Waals surface area contributed by atoms with E-state index < -0.39 is 7.92 Å². The lowest BCUT2D eigenvalue weighted by atomic mass is 9.87. The zero-order valence-electron chi connectivity index (χ0n) is 21.7. The first-order valence-electron chi connectivity index (χ1n) is 11.9. The van der Waals surface area contributed by atoms with E-state index in [2.05, 4.69) is 102 Å². The van der Waals surface area contributed by atoms with Crippen LogP contribution in [0.25, 0.3) is 0 Å². The summed E-state index contributed by atoms with van der Waals surface area (Å²) in [5.74, 6) is 0.316. The topological polar surface area (TPSA) is 20.2 Å². The largest absolute Gasteiger partial charge is 1.00 e. The second kappa shape index (κ2) is 12.4. The molecule has 0 fully saturated rings. The van der Waals surface area contributed by atoms with Crippen molar-refractivity contribution in [3.63, 3.8) is 0 Å². The van der Waals surface area contributed by atoms with Gasteiger partial charge in [0.1, 0.15) is 21.7 Å². The van der Waals surface area contributed by atoms with Crippen LogP contribution in [0.2, 0.25) is 0 Å². The van der Waals surface area contributed by atoms with Gasteiger partial charge in [-0.1, -0.05) is 102 Å². The van der Waals surface area contributed by atoms with Crippen molar-refractivity contribution in [1.29, 1.82) is 0 Å². The number of phenolic OH excluding ortho intramolecular Hbond substituents is 1. The fraction of sp³-hybridized carbons (Fsp3) is 0.250. The SMILES string of the molecule is CC(C)(C)c1ccc([PH+](c2ccc(O)cc2)c2ccc(C(C)(C)C)cc2)cc1.[Cl-].c1ccccc1. The van der Waals surface area contributed by atoms with E-state index in [1.807, 2.05) is 36.4 Å². The van der Waals surface area contributed by atoms with Crippen LogP contribution in [0.5, 0.6) is 5.75 Å². The molecule has 35 heavy (non-hydrogen) atoms. The number of aromatic hydroxyl groups is 1. The van der Waals surface area contributed by atoms with Gasteiger partial charge < -0.3 is 17.5 Å². The van der Waals surface area contributed by atoms with Crippen molar-refractivity contribution in [2.45, 2.75) is 52.4 Å². The number of rotatable bonds is 3. The third kappa shape index (κ3) is 8.24. The summed E-state index contributed by atoms with van der Waals surface area (Å²) in [6.07, 6.45) is 0. The molecule has 4 rings (SSSR count). The minimum atomic E-state index is -1.13. The first kappa shape index (κ1) is 28.6. The van der Waals surface area contributed by atoms with Crippen LogP contribution in [-0.2, 0) is 10.8 Å². The van der Waals surface area contributed by atoms with Crippen molar-refractivity contribution in [2.75, 3.05) is 0 Å². The first-order chi connectivity index (χ1) is 16.1. The molecule has 0 atom stereocenters. The van der Waals surface area contributed by atoms with Gasteiger partial charge in [-0.3, -0.25) is 0 Å². The second-order valence-electron chi connectivity index (χ2n) is 10.7. The van der Waals surface area contributed by atoms with Crippen LogP contribution in [-0.4, -0.2) is 5.11 Å². The van der Waals surface area contributed by atoms with Crippen molar-refractivity contribution in [2.24, 2.45) is 0 Å². The molecule has 0 saturated carbocycles. The van der Waals surface area contributed by atoms with Gasteiger partial charge in [-0.05, 0) is 70.5 Å². The minimum absolute atomic E-state index is 0. The molecule has 0 aliphatic heterocycles. The molecule has 3 heteroatoms. The van der Waals surface area contributed by atoms with E-state index in [1.54, 1.807) is 12.1 Å². The van der Waals surface area contributed by atoms with E-state index in [0.29, 0.717) is 5.75 Å². The Labute approximate surface area is 219 Å². The highest BCUT2D eigenvalue weighted by Gasteiger charge is 2.27. The molecule has 0 aliphatic carbocycles. The Morgan fingerprint density at radius 2 is 0.714 bits per heavy atom. The maximum absolute atomic E-state index is 9.74. The van der Waals surface area contributed by atoms with Gasteiger partial charge in [0.15, 0.2) is 0 Å². The molecule has 0 unspecified atom stereocenters. The van der Waals surface area contributed by atoms with Gasteiger partial charge in [-0.15, -0.1) is 0 Å². The quantitative estimate of drug-likeness (QED) is 0.415. The number of hydrogen-bond donors (Lipinski definition) is 1. The lowest BCUT2D eigenvalue weighted by molar-refractivity contribution is -0.00000866. The van der Waals surface area contributed by atoms with Crippen LogP contribution in [0.4, 0.5) is 0 Å². The summed E-state index contributed by atoms with van der Waals surface area (Å²) in [6, 6.07) is 38.0. The standard InChI is InChI=1S/C26H31OP.C6H6.ClH/c1-25(2,3)19-7-13-22(14-8-19)28(24-17-11-21(27)12-18-24)23-15-9-20(10-16-23)26(4,5)6;1-2-4-6-5-3-1;/h7-18,27H,1-6H3;1-6H;1H. The highest BCUT2D eigenvalue weighted by Crippen LogP contribution is 2.35. The zero-order valence-corrected chi connectivity index (χ0v) is 23.5. The van der Waals surface area contributed by atoms with Crippen molar-refractivity contribution in [3.8, 4) is 5.75 Å². The fourth-order valence-corrected chi connectivity index (χ4v) is 6.29. The van der Waals surface area contributed by atoms with E-state index >= 15 is 0 Å². The number of halogens is 1. The average molecular weight is 505 g/mol. The van der Waals surface area contributed by atoms with Gasteiger partial charge in [0.2, 0.25) is 0 Å². The highest BCUT2D eigenvalue weighted by molar-refractivity contribution is 7.79. The van der Waals surface area contributed by atoms with E-state index in [4.69, 9.17) is 0 Å². The van der Waals surface area contributed by atoms with E-state index in [-0.39, 0.29) is 23.2 Å². The fourth-order valence-electron chi connectivity index (χ4n) is 3.79. The smallest absolute Gasteiger partial charge is 0.115 e. The molecule has 0 aromatic heterocycles. The first-order valence-corrected chi connectivity index (χ1v) is 13.4. The van der Waals surface area contributed by atoms with Crippen molar-refractivity contribution in [1.82, 2.24) is 0 Å². The summed E-state index contributed by atoms with van der Waals surface area (Å²) in [4.78, 5) is 0. The summed E-state index contributed by atoms with van der Waals surface area (Å²) in [7, 11) is -1.13. The van der Waals surface area contributed by atoms with Gasteiger partial charge in [0.25, 0.3) is 0 Å². The van der Waals surface area contributed by atoms with Crippen LogP contribution >= 0.6 is 7.92 Å². The molecular formula is C32H38ClOP. The predicted molar refractivity (Wildman–Crippen MR) is 152 cm³/mol. The Hall–Kier alpha value is -2.60. The molecule has 0 bridgehead atoms. The van der Waals surface area contributed by atoms with Gasteiger partial charge in [-0.25, -0.2) is 0 Å². The Balaban J connectivity index is 0.000000539. The number of phenols is 1. The van der Waals surface area contributed by atoms with Gasteiger partial charge in [0.05, 0.1) is 7.92 Å². The second-order valence-corrected chi connectivity index (χ2v) is 13.2. The Kier molecular flexibility index (Phi) is 10.1. The summed E-state index contributed by atoms with van der Waals surface area (Å²) < 4.78 is 0. The Morgan fingerprint density at radius 1 is 0.457 bits per heavy atom. The average Bonchev–Trinajstić information content (AvgIpc) is 2.82. The summed E-state index contributed by atoms with van der Waals surface area (Å²) in [5, 5.41) is 13.8. The number of benzene rings is 4. The van der Waals surface area contributed by atoms with E-state index in [9.17, 15) is 5.11 Å². The van der Waals surface area contributed by atoms with Gasteiger partial charge in [-0.2, -0.15) is 0 Å². The highest BCUT2D eigenvalue weighted by atomic mass is 35.5. The monoisotopic (exact) mass is 504 g/mol. The normalized spacial score (nSPS) is 11.3. The molecule has 1 nitrogen and oxygen atoms in total.